The monoisotopic (exact) mass is 397 g/mol. The first-order chi connectivity index (χ1) is 12.1. The van der Waals surface area contributed by atoms with E-state index in [0.29, 0.717) is 12.1 Å². The van der Waals surface area contributed by atoms with E-state index < -0.39 is 6.04 Å². The normalized spacial score (nSPS) is 20.0. The Bertz CT molecular complexity index is 877. The lowest BCUT2D eigenvalue weighted by atomic mass is 9.96. The van der Waals surface area contributed by atoms with E-state index in [1.165, 1.54) is 4.90 Å². The molecule has 1 N–H and O–H groups in total. The molecule has 25 heavy (non-hydrogen) atoms. The number of likely N-dealkylation sites (N-methyl/N-ethyl adjacent to an activating group) is 1. The van der Waals surface area contributed by atoms with Crippen LogP contribution in [0.15, 0.2) is 70.3 Å². The van der Waals surface area contributed by atoms with Gasteiger partial charge in [0.05, 0.1) is 23.9 Å². The van der Waals surface area contributed by atoms with Crippen LogP contribution >= 0.6 is 15.9 Å². The number of hydrogen-bond donors (Lipinski definition) is 1. The summed E-state index contributed by atoms with van der Waals surface area (Å²) in [5.74, 6) is -0.0713. The van der Waals surface area contributed by atoms with E-state index in [1.807, 2.05) is 54.6 Å². The van der Waals surface area contributed by atoms with E-state index in [0.717, 1.165) is 21.4 Å². The van der Waals surface area contributed by atoms with E-state index in [2.05, 4.69) is 21.2 Å². The molecular weight excluding hydrogens is 382 g/mol. The van der Waals surface area contributed by atoms with Crippen LogP contribution in [0, 0.1) is 0 Å². The molecule has 0 saturated heterocycles. The van der Waals surface area contributed by atoms with Crippen LogP contribution in [0.2, 0.25) is 0 Å². The number of carbonyl (C=O) groups excluding carboxylic acids is 2. The van der Waals surface area contributed by atoms with Crippen LogP contribution in [0.4, 0.5) is 10.5 Å². The van der Waals surface area contributed by atoms with Crippen molar-refractivity contribution in [2.45, 2.75) is 6.04 Å². The lowest BCUT2D eigenvalue weighted by Gasteiger charge is -2.31. The predicted molar refractivity (Wildman–Crippen MR) is 99.0 cm³/mol. The molecule has 0 bridgehead atoms. The van der Waals surface area contributed by atoms with Gasteiger partial charge in [0.15, 0.2) is 0 Å². The van der Waals surface area contributed by atoms with E-state index in [4.69, 9.17) is 0 Å². The molecule has 126 valence electrons. The maximum absolute atomic E-state index is 13.1. The smallest absolute Gasteiger partial charge is 0.322 e. The molecule has 2 aliphatic heterocycles. The number of urea groups is 1. The Morgan fingerprint density at radius 1 is 1.04 bits per heavy atom. The Balaban J connectivity index is 1.76. The van der Waals surface area contributed by atoms with Gasteiger partial charge in [-0.3, -0.25) is 9.69 Å². The van der Waals surface area contributed by atoms with Gasteiger partial charge in [0.1, 0.15) is 0 Å². The van der Waals surface area contributed by atoms with Crippen molar-refractivity contribution in [1.29, 1.82) is 0 Å². The molecule has 3 amide bonds. The van der Waals surface area contributed by atoms with Crippen molar-refractivity contribution in [3.05, 3.63) is 75.9 Å². The predicted octanol–water partition coefficient (Wildman–Crippen LogP) is 3.45. The molecule has 0 fully saturated rings. The second kappa shape index (κ2) is 6.04. The fourth-order valence-corrected chi connectivity index (χ4v) is 3.56. The Morgan fingerprint density at radius 2 is 1.72 bits per heavy atom. The highest BCUT2D eigenvalue weighted by atomic mass is 79.9. The molecule has 0 saturated carbocycles. The number of nitrogens with one attached hydrogen (secondary N) is 1. The first kappa shape index (κ1) is 15.9. The third-order valence-corrected chi connectivity index (χ3v) is 5.16. The second-order valence-corrected chi connectivity index (χ2v) is 7.00. The molecule has 5 nitrogen and oxygen atoms in total. The molecule has 1 atom stereocenters. The summed E-state index contributed by atoms with van der Waals surface area (Å²) in [5, 5.41) is 2.94. The van der Waals surface area contributed by atoms with Gasteiger partial charge in [0.25, 0.3) is 5.91 Å². The van der Waals surface area contributed by atoms with Crippen molar-refractivity contribution in [3.63, 3.8) is 0 Å². The summed E-state index contributed by atoms with van der Waals surface area (Å²) in [6, 6.07) is 16.6. The molecule has 0 radical (unpaired) electrons. The SMILES string of the molecule is CN1C(=O)NC(c2ccccc2)C2=C1CN(c1ccc(Br)cc1)C2=O. The van der Waals surface area contributed by atoms with E-state index in [-0.39, 0.29) is 11.9 Å². The lowest BCUT2D eigenvalue weighted by Crippen LogP contribution is -2.45. The lowest BCUT2D eigenvalue weighted by molar-refractivity contribution is -0.114. The fourth-order valence-electron chi connectivity index (χ4n) is 3.29. The highest BCUT2D eigenvalue weighted by Crippen LogP contribution is 2.37. The van der Waals surface area contributed by atoms with Crippen molar-refractivity contribution in [2.24, 2.45) is 0 Å². The van der Waals surface area contributed by atoms with E-state index in [1.54, 1.807) is 11.9 Å². The molecule has 2 aromatic carbocycles. The quantitative estimate of drug-likeness (QED) is 0.843. The number of rotatable bonds is 2. The topological polar surface area (TPSA) is 52.7 Å². The van der Waals surface area contributed by atoms with Crippen molar-refractivity contribution in [1.82, 2.24) is 10.2 Å². The van der Waals surface area contributed by atoms with Crippen LogP contribution in [0.3, 0.4) is 0 Å². The van der Waals surface area contributed by atoms with Gasteiger partial charge in [-0.2, -0.15) is 0 Å². The van der Waals surface area contributed by atoms with Crippen LogP contribution in [-0.4, -0.2) is 30.4 Å². The fraction of sp³-hybridized carbons (Fsp3) is 0.158. The van der Waals surface area contributed by atoms with Gasteiger partial charge in [-0.25, -0.2) is 4.79 Å². The van der Waals surface area contributed by atoms with Crippen molar-refractivity contribution < 1.29 is 9.59 Å². The largest absolute Gasteiger partial charge is 0.327 e. The first-order valence-electron chi connectivity index (χ1n) is 7.96. The highest BCUT2D eigenvalue weighted by Gasteiger charge is 2.43. The van der Waals surface area contributed by atoms with Crippen LogP contribution < -0.4 is 10.2 Å². The van der Waals surface area contributed by atoms with Crippen molar-refractivity contribution in [3.8, 4) is 0 Å². The number of nitrogens with zero attached hydrogens (tertiary/aromatic N) is 2. The molecule has 1 unspecified atom stereocenters. The van der Waals surface area contributed by atoms with Gasteiger partial charge in [-0.15, -0.1) is 0 Å². The van der Waals surface area contributed by atoms with E-state index in [9.17, 15) is 9.59 Å². The van der Waals surface area contributed by atoms with Crippen LogP contribution in [0.5, 0.6) is 0 Å². The molecule has 4 rings (SSSR count). The Kier molecular flexibility index (Phi) is 3.84. The molecule has 2 heterocycles. The molecule has 0 aromatic heterocycles. The highest BCUT2D eigenvalue weighted by molar-refractivity contribution is 9.10. The third-order valence-electron chi connectivity index (χ3n) is 4.63. The maximum atomic E-state index is 13.1. The van der Waals surface area contributed by atoms with Gasteiger partial charge < -0.3 is 10.2 Å². The van der Waals surface area contributed by atoms with Crippen LogP contribution in [0.25, 0.3) is 0 Å². The third kappa shape index (κ3) is 2.62. The minimum Gasteiger partial charge on any atom is -0.327 e. The Hall–Kier alpha value is -2.60. The summed E-state index contributed by atoms with van der Waals surface area (Å²) in [5.41, 5.74) is 3.11. The summed E-state index contributed by atoms with van der Waals surface area (Å²) in [7, 11) is 1.70. The van der Waals surface area contributed by atoms with Gasteiger partial charge in [-0.05, 0) is 29.8 Å². The number of carbonyl (C=O) groups is 2. The maximum Gasteiger partial charge on any atom is 0.322 e. The Morgan fingerprint density at radius 3 is 2.40 bits per heavy atom. The zero-order valence-electron chi connectivity index (χ0n) is 13.6. The summed E-state index contributed by atoms with van der Waals surface area (Å²) in [6.07, 6.45) is 0. The average molecular weight is 398 g/mol. The number of anilines is 1. The van der Waals surface area contributed by atoms with Crippen molar-refractivity contribution in [2.75, 3.05) is 18.5 Å². The number of halogens is 1. The molecule has 0 aliphatic carbocycles. The molecule has 2 aliphatic rings. The molecule has 2 aromatic rings. The first-order valence-corrected chi connectivity index (χ1v) is 8.75. The number of amides is 3. The summed E-state index contributed by atoms with van der Waals surface area (Å²) < 4.78 is 0.955. The van der Waals surface area contributed by atoms with Gasteiger partial charge in [0.2, 0.25) is 0 Å². The second-order valence-electron chi connectivity index (χ2n) is 6.08. The molecular formula is C19H16BrN3O2. The zero-order valence-corrected chi connectivity index (χ0v) is 15.2. The standard InChI is InChI=1S/C19H16BrN3O2/c1-22-15-11-23(14-9-7-13(20)8-10-14)18(24)16(15)17(21-19(22)25)12-5-3-2-4-6-12/h2-10,17H,11H2,1H3,(H,21,25). The van der Waals surface area contributed by atoms with Gasteiger partial charge in [-0.1, -0.05) is 46.3 Å². The van der Waals surface area contributed by atoms with E-state index >= 15 is 0 Å². The Labute approximate surface area is 154 Å². The average Bonchev–Trinajstić information content (AvgIpc) is 2.97. The number of hydrogen-bond acceptors (Lipinski definition) is 2. The minimum atomic E-state index is -0.423. The summed E-state index contributed by atoms with van der Waals surface area (Å²) in [6.45, 7) is 0.392. The van der Waals surface area contributed by atoms with Crippen molar-refractivity contribution >= 4 is 33.6 Å². The number of benzene rings is 2. The van der Waals surface area contributed by atoms with Gasteiger partial charge >= 0.3 is 6.03 Å². The summed E-state index contributed by atoms with van der Waals surface area (Å²) >= 11 is 3.41. The molecule has 6 heteroatoms. The van der Waals surface area contributed by atoms with Crippen LogP contribution in [0.1, 0.15) is 11.6 Å². The van der Waals surface area contributed by atoms with Crippen LogP contribution in [-0.2, 0) is 4.79 Å². The zero-order chi connectivity index (χ0) is 17.6. The summed E-state index contributed by atoms with van der Waals surface area (Å²) in [4.78, 5) is 28.7. The van der Waals surface area contributed by atoms with Gasteiger partial charge in [0, 0.05) is 17.2 Å². The minimum absolute atomic E-state index is 0.0713. The molecule has 0 spiro atoms.